The zero-order chi connectivity index (χ0) is 18.5. The molecular formula is C20H19N3O3. The van der Waals surface area contributed by atoms with Crippen molar-refractivity contribution in [2.24, 2.45) is 0 Å². The van der Waals surface area contributed by atoms with Gasteiger partial charge in [0.1, 0.15) is 11.4 Å². The van der Waals surface area contributed by atoms with Crippen molar-refractivity contribution >= 4 is 23.4 Å². The fourth-order valence-corrected chi connectivity index (χ4v) is 2.28. The van der Waals surface area contributed by atoms with E-state index in [9.17, 15) is 9.59 Å². The lowest BCUT2D eigenvalue weighted by Gasteiger charge is -2.11. The first-order valence-electron chi connectivity index (χ1n) is 8.12. The first kappa shape index (κ1) is 17.4. The number of benzene rings is 1. The Bertz CT molecular complexity index is 923. The second kappa shape index (κ2) is 7.65. The number of nitrogens with zero attached hydrogens (tertiary/aromatic N) is 3. The zero-order valence-electron chi connectivity index (χ0n) is 14.6. The number of pyridine rings is 1. The lowest BCUT2D eigenvalue weighted by molar-refractivity contribution is -0.130. The van der Waals surface area contributed by atoms with Crippen molar-refractivity contribution in [3.05, 3.63) is 72.2 Å². The van der Waals surface area contributed by atoms with Crippen molar-refractivity contribution < 1.29 is 14.3 Å². The van der Waals surface area contributed by atoms with E-state index in [1.807, 2.05) is 35.0 Å². The zero-order valence-corrected chi connectivity index (χ0v) is 14.6. The highest BCUT2D eigenvalue weighted by atomic mass is 16.5. The van der Waals surface area contributed by atoms with Gasteiger partial charge in [0.2, 0.25) is 0 Å². The summed E-state index contributed by atoms with van der Waals surface area (Å²) >= 11 is 0. The Morgan fingerprint density at radius 2 is 1.92 bits per heavy atom. The van der Waals surface area contributed by atoms with E-state index in [1.54, 1.807) is 44.4 Å². The second-order valence-corrected chi connectivity index (χ2v) is 5.93. The molecule has 6 nitrogen and oxygen atoms in total. The summed E-state index contributed by atoms with van der Waals surface area (Å²) in [5.74, 6) is 0.291. The van der Waals surface area contributed by atoms with E-state index in [2.05, 4.69) is 4.98 Å². The highest BCUT2D eigenvalue weighted by molar-refractivity contribution is 6.06. The number of aromatic nitrogens is 2. The molecule has 132 valence electrons. The number of imidazole rings is 1. The van der Waals surface area contributed by atoms with Crippen LogP contribution in [0.3, 0.4) is 0 Å². The maximum Gasteiger partial charge on any atom is 0.259 e. The average molecular weight is 349 g/mol. The topological polar surface area (TPSA) is 63.9 Å². The maximum absolute atomic E-state index is 12.3. The van der Waals surface area contributed by atoms with Gasteiger partial charge in [-0.25, -0.2) is 4.98 Å². The molecule has 0 aliphatic rings. The van der Waals surface area contributed by atoms with Crippen molar-refractivity contribution in [3.63, 3.8) is 0 Å². The Labute approximate surface area is 151 Å². The third kappa shape index (κ3) is 4.16. The Morgan fingerprint density at radius 3 is 2.62 bits per heavy atom. The van der Waals surface area contributed by atoms with E-state index in [4.69, 9.17) is 4.74 Å². The number of ketones is 1. The molecule has 0 radical (unpaired) electrons. The van der Waals surface area contributed by atoms with Crippen LogP contribution in [-0.4, -0.2) is 46.7 Å². The molecule has 0 saturated heterocycles. The Balaban J connectivity index is 1.63. The van der Waals surface area contributed by atoms with Crippen LogP contribution in [-0.2, 0) is 4.79 Å². The summed E-state index contributed by atoms with van der Waals surface area (Å²) in [6.07, 6.45) is 6.95. The van der Waals surface area contributed by atoms with E-state index in [0.717, 1.165) is 5.65 Å². The molecule has 3 rings (SSSR count). The third-order valence-electron chi connectivity index (χ3n) is 3.79. The summed E-state index contributed by atoms with van der Waals surface area (Å²) in [6, 6.07) is 12.4. The van der Waals surface area contributed by atoms with Gasteiger partial charge in [-0.1, -0.05) is 6.07 Å². The minimum Gasteiger partial charge on any atom is -0.484 e. The van der Waals surface area contributed by atoms with Crippen LogP contribution in [0.15, 0.2) is 60.9 Å². The Kier molecular flexibility index (Phi) is 5.12. The molecule has 0 aliphatic carbocycles. The number of allylic oxidation sites excluding steroid dienone is 1. The van der Waals surface area contributed by atoms with Crippen LogP contribution in [0, 0.1) is 0 Å². The van der Waals surface area contributed by atoms with Crippen molar-refractivity contribution in [2.75, 3.05) is 20.7 Å². The molecule has 0 bridgehead atoms. The van der Waals surface area contributed by atoms with Gasteiger partial charge in [-0.15, -0.1) is 0 Å². The monoisotopic (exact) mass is 349 g/mol. The molecule has 26 heavy (non-hydrogen) atoms. The number of ether oxygens (including phenoxy) is 1. The van der Waals surface area contributed by atoms with Gasteiger partial charge in [0.05, 0.1) is 5.69 Å². The summed E-state index contributed by atoms with van der Waals surface area (Å²) < 4.78 is 7.29. The molecule has 0 spiro atoms. The van der Waals surface area contributed by atoms with Gasteiger partial charge in [-0.05, 0) is 48.6 Å². The average Bonchev–Trinajstić information content (AvgIpc) is 3.07. The van der Waals surface area contributed by atoms with E-state index in [0.29, 0.717) is 17.0 Å². The largest absolute Gasteiger partial charge is 0.484 e. The highest BCUT2D eigenvalue weighted by Gasteiger charge is 2.06. The van der Waals surface area contributed by atoms with Crippen LogP contribution in [0.2, 0.25) is 0 Å². The minimum atomic E-state index is -0.127. The predicted molar refractivity (Wildman–Crippen MR) is 99.2 cm³/mol. The fourth-order valence-electron chi connectivity index (χ4n) is 2.28. The lowest BCUT2D eigenvalue weighted by Crippen LogP contribution is -2.27. The molecule has 0 atom stereocenters. The van der Waals surface area contributed by atoms with E-state index in [-0.39, 0.29) is 18.3 Å². The normalized spacial score (nSPS) is 11.0. The van der Waals surface area contributed by atoms with Crippen LogP contribution in [0.1, 0.15) is 16.1 Å². The van der Waals surface area contributed by atoms with Crippen LogP contribution in [0.25, 0.3) is 11.7 Å². The molecule has 0 aliphatic heterocycles. The summed E-state index contributed by atoms with van der Waals surface area (Å²) in [6.45, 7) is -0.0337. The Morgan fingerprint density at radius 1 is 1.15 bits per heavy atom. The molecule has 2 heterocycles. The van der Waals surface area contributed by atoms with Gasteiger partial charge in [0.25, 0.3) is 5.91 Å². The van der Waals surface area contributed by atoms with E-state index in [1.165, 1.54) is 11.0 Å². The van der Waals surface area contributed by atoms with Gasteiger partial charge in [0, 0.05) is 32.1 Å². The predicted octanol–water partition coefficient (Wildman–Crippen LogP) is 2.70. The number of amides is 1. The summed E-state index contributed by atoms with van der Waals surface area (Å²) in [7, 11) is 3.34. The second-order valence-electron chi connectivity index (χ2n) is 5.93. The number of hydrogen-bond acceptors (Lipinski definition) is 4. The minimum absolute atomic E-state index is 0.0337. The molecule has 6 heteroatoms. The first-order valence-corrected chi connectivity index (χ1v) is 8.12. The molecule has 3 aromatic rings. The molecule has 0 fully saturated rings. The number of carbonyl (C=O) groups excluding carboxylic acids is 2. The molecular weight excluding hydrogens is 330 g/mol. The van der Waals surface area contributed by atoms with Crippen molar-refractivity contribution in [1.82, 2.24) is 14.3 Å². The Hall–Kier alpha value is -3.41. The van der Waals surface area contributed by atoms with Crippen molar-refractivity contribution in [2.45, 2.75) is 0 Å². The SMILES string of the molecule is CN(C)C(=O)COc1ccc(C(=O)/C=C/c2cn3ccccc3n2)cc1. The van der Waals surface area contributed by atoms with E-state index >= 15 is 0 Å². The lowest BCUT2D eigenvalue weighted by atomic mass is 10.1. The smallest absolute Gasteiger partial charge is 0.259 e. The number of fused-ring (bicyclic) bond motifs is 1. The summed E-state index contributed by atoms with van der Waals surface area (Å²) in [4.78, 5) is 29.7. The van der Waals surface area contributed by atoms with Crippen LogP contribution < -0.4 is 4.74 Å². The molecule has 1 aromatic carbocycles. The maximum atomic E-state index is 12.3. The fraction of sp³-hybridized carbons (Fsp3) is 0.150. The molecule has 2 aromatic heterocycles. The molecule has 0 N–H and O–H groups in total. The number of carbonyl (C=O) groups is 2. The van der Waals surface area contributed by atoms with Gasteiger partial charge >= 0.3 is 0 Å². The summed E-state index contributed by atoms with van der Waals surface area (Å²) in [5.41, 5.74) is 2.08. The van der Waals surface area contributed by atoms with Crippen LogP contribution >= 0.6 is 0 Å². The van der Waals surface area contributed by atoms with Gasteiger partial charge < -0.3 is 14.0 Å². The standard InChI is InChI=1S/C20H19N3O3/c1-22(2)20(25)14-26-17-9-6-15(7-10-17)18(24)11-8-16-13-23-12-4-3-5-19(23)21-16/h3-13H,14H2,1-2H3/b11-8+. The molecule has 0 saturated carbocycles. The highest BCUT2D eigenvalue weighted by Crippen LogP contribution is 2.14. The van der Waals surface area contributed by atoms with Crippen LogP contribution in [0.4, 0.5) is 0 Å². The first-order chi connectivity index (χ1) is 12.5. The summed E-state index contributed by atoms with van der Waals surface area (Å²) in [5, 5.41) is 0. The quantitative estimate of drug-likeness (QED) is 0.507. The molecule has 0 unspecified atom stereocenters. The number of hydrogen-bond donors (Lipinski definition) is 0. The van der Waals surface area contributed by atoms with Crippen molar-refractivity contribution in [3.8, 4) is 5.75 Å². The number of rotatable bonds is 6. The van der Waals surface area contributed by atoms with Gasteiger partial charge in [0.15, 0.2) is 12.4 Å². The van der Waals surface area contributed by atoms with Crippen LogP contribution in [0.5, 0.6) is 5.75 Å². The third-order valence-corrected chi connectivity index (χ3v) is 3.79. The van der Waals surface area contributed by atoms with E-state index < -0.39 is 0 Å². The van der Waals surface area contributed by atoms with Gasteiger partial charge in [-0.2, -0.15) is 0 Å². The van der Waals surface area contributed by atoms with Gasteiger partial charge in [-0.3, -0.25) is 9.59 Å². The van der Waals surface area contributed by atoms with Crippen molar-refractivity contribution in [1.29, 1.82) is 0 Å². The molecule has 1 amide bonds. The number of likely N-dealkylation sites (N-methyl/N-ethyl adjacent to an activating group) is 1.